The van der Waals surface area contributed by atoms with Crippen molar-refractivity contribution in [1.82, 2.24) is 9.55 Å². The maximum Gasteiger partial charge on any atom is 0.323 e. The summed E-state index contributed by atoms with van der Waals surface area (Å²) in [6.45, 7) is 3.68. The molecule has 0 bridgehead atoms. The Kier molecular flexibility index (Phi) is 6.46. The summed E-state index contributed by atoms with van der Waals surface area (Å²) in [6, 6.07) is 7.62. The van der Waals surface area contributed by atoms with E-state index in [1.54, 1.807) is 19.3 Å². The number of rotatable bonds is 5. The van der Waals surface area contributed by atoms with E-state index in [0.29, 0.717) is 28.2 Å². The second-order valence-corrected chi connectivity index (χ2v) is 8.15. The number of hydrogen-bond acceptors (Lipinski definition) is 4. The molecular formula is C25H22F3N5O2. The minimum atomic E-state index is -1.04. The third-order valence-corrected chi connectivity index (χ3v) is 5.40. The molecule has 4 rings (SSSR count). The van der Waals surface area contributed by atoms with Crippen molar-refractivity contribution < 1.29 is 18.0 Å². The largest absolute Gasteiger partial charge is 0.373 e. The fourth-order valence-electron chi connectivity index (χ4n) is 3.79. The van der Waals surface area contributed by atoms with Gasteiger partial charge < -0.3 is 16.0 Å². The van der Waals surface area contributed by atoms with Crippen molar-refractivity contribution in [2.75, 3.05) is 23.0 Å². The van der Waals surface area contributed by atoms with Gasteiger partial charge in [0.25, 0.3) is 5.56 Å². The summed E-state index contributed by atoms with van der Waals surface area (Å²) in [5.41, 5.74) is -0.521. The third-order valence-electron chi connectivity index (χ3n) is 5.40. The monoisotopic (exact) mass is 481 g/mol. The van der Waals surface area contributed by atoms with Crippen LogP contribution in [0, 0.1) is 17.5 Å². The molecule has 0 aliphatic carbocycles. The lowest BCUT2D eigenvalue weighted by molar-refractivity contribution is 0.262. The molecule has 7 nitrogen and oxygen atoms in total. The Balaban J connectivity index is 1.78. The third kappa shape index (κ3) is 4.81. The first-order chi connectivity index (χ1) is 16.7. The summed E-state index contributed by atoms with van der Waals surface area (Å²) in [5, 5.41) is 8.81. The molecule has 2 aromatic carbocycles. The van der Waals surface area contributed by atoms with E-state index in [2.05, 4.69) is 20.9 Å². The number of urea groups is 1. The maximum absolute atomic E-state index is 14.9. The predicted octanol–water partition coefficient (Wildman–Crippen LogP) is 5.61. The summed E-state index contributed by atoms with van der Waals surface area (Å²) in [7, 11) is 1.71. The highest BCUT2D eigenvalue weighted by Gasteiger charge is 2.19. The average molecular weight is 481 g/mol. The van der Waals surface area contributed by atoms with Crippen LogP contribution in [0.1, 0.15) is 25.3 Å². The van der Waals surface area contributed by atoms with Crippen molar-refractivity contribution in [1.29, 1.82) is 0 Å². The van der Waals surface area contributed by atoms with Crippen molar-refractivity contribution in [3.8, 4) is 5.69 Å². The molecule has 4 aromatic rings. The second-order valence-electron chi connectivity index (χ2n) is 8.15. The smallest absolute Gasteiger partial charge is 0.323 e. The summed E-state index contributed by atoms with van der Waals surface area (Å²) >= 11 is 0. The topological polar surface area (TPSA) is 88.0 Å². The van der Waals surface area contributed by atoms with Gasteiger partial charge in [0.05, 0.1) is 11.4 Å². The Morgan fingerprint density at radius 3 is 2.49 bits per heavy atom. The highest BCUT2D eigenvalue weighted by Crippen LogP contribution is 2.27. The molecule has 2 amide bonds. The van der Waals surface area contributed by atoms with Crippen LogP contribution in [0.2, 0.25) is 0 Å². The van der Waals surface area contributed by atoms with Crippen LogP contribution in [-0.2, 0) is 0 Å². The molecule has 0 atom stereocenters. The van der Waals surface area contributed by atoms with Crippen LogP contribution in [0.4, 0.5) is 35.2 Å². The van der Waals surface area contributed by atoms with E-state index in [1.807, 2.05) is 13.8 Å². The zero-order chi connectivity index (χ0) is 25.3. The van der Waals surface area contributed by atoms with Crippen molar-refractivity contribution in [3.63, 3.8) is 0 Å². The van der Waals surface area contributed by atoms with Crippen molar-refractivity contribution in [2.45, 2.75) is 19.8 Å². The van der Waals surface area contributed by atoms with E-state index in [1.165, 1.54) is 24.4 Å². The first-order valence-electron chi connectivity index (χ1n) is 10.7. The predicted molar refractivity (Wildman–Crippen MR) is 130 cm³/mol. The van der Waals surface area contributed by atoms with E-state index in [4.69, 9.17) is 0 Å². The molecule has 2 heterocycles. The van der Waals surface area contributed by atoms with Crippen LogP contribution in [-0.4, -0.2) is 22.6 Å². The molecule has 180 valence electrons. The quantitative estimate of drug-likeness (QED) is 0.346. The maximum atomic E-state index is 14.9. The molecule has 0 spiro atoms. The molecular weight excluding hydrogens is 459 g/mol. The van der Waals surface area contributed by atoms with Crippen molar-refractivity contribution in [2.24, 2.45) is 0 Å². The van der Waals surface area contributed by atoms with Gasteiger partial charge in [0, 0.05) is 42.1 Å². The minimum absolute atomic E-state index is 0.144. The molecule has 0 fully saturated rings. The van der Waals surface area contributed by atoms with Gasteiger partial charge in [-0.3, -0.25) is 9.36 Å². The first kappa shape index (κ1) is 23.8. The Morgan fingerprint density at radius 2 is 1.80 bits per heavy atom. The lowest BCUT2D eigenvalue weighted by atomic mass is 9.99. The van der Waals surface area contributed by atoms with Gasteiger partial charge in [0.1, 0.15) is 23.3 Å². The van der Waals surface area contributed by atoms with Crippen LogP contribution in [0.3, 0.4) is 0 Å². The number of hydrogen-bond donors (Lipinski definition) is 3. The van der Waals surface area contributed by atoms with Gasteiger partial charge in [-0.05, 0) is 41.6 Å². The van der Waals surface area contributed by atoms with Crippen LogP contribution in [0.15, 0.2) is 59.7 Å². The first-order valence-corrected chi connectivity index (χ1v) is 10.7. The van der Waals surface area contributed by atoms with Crippen molar-refractivity contribution in [3.05, 3.63) is 88.2 Å². The number of nitrogens with zero attached hydrogens (tertiary/aromatic N) is 2. The van der Waals surface area contributed by atoms with Gasteiger partial charge in [-0.25, -0.2) is 22.9 Å². The van der Waals surface area contributed by atoms with Crippen LogP contribution >= 0.6 is 0 Å². The van der Waals surface area contributed by atoms with Crippen LogP contribution in [0.5, 0.6) is 0 Å². The number of fused-ring (bicyclic) bond motifs is 1. The number of nitrogens with one attached hydrogen (secondary N) is 3. The summed E-state index contributed by atoms with van der Waals surface area (Å²) in [5.74, 6) is -2.23. The average Bonchev–Trinajstić information content (AvgIpc) is 2.80. The van der Waals surface area contributed by atoms with Gasteiger partial charge in [-0.1, -0.05) is 19.9 Å². The number of benzene rings is 2. The highest BCUT2D eigenvalue weighted by molar-refractivity contribution is 6.00. The van der Waals surface area contributed by atoms with Gasteiger partial charge in [-0.2, -0.15) is 0 Å². The Labute approximate surface area is 198 Å². The fraction of sp³-hybridized carbons (Fsp3) is 0.160. The molecule has 2 aromatic heterocycles. The van der Waals surface area contributed by atoms with Crippen LogP contribution in [0.25, 0.3) is 16.5 Å². The van der Waals surface area contributed by atoms with E-state index in [-0.39, 0.29) is 23.0 Å². The van der Waals surface area contributed by atoms with Gasteiger partial charge in [-0.15, -0.1) is 0 Å². The SMILES string of the molecule is CNc1cc2c(C(C)C)c(=O)n(-c3cc(NC(=O)Nc4cccc(F)c4)c(F)cc3F)cc2cn1. The van der Waals surface area contributed by atoms with Gasteiger partial charge in [0.2, 0.25) is 0 Å². The Bertz CT molecular complexity index is 1500. The molecule has 0 aliphatic heterocycles. The molecule has 0 saturated carbocycles. The van der Waals surface area contributed by atoms with E-state index in [9.17, 15) is 22.8 Å². The molecule has 10 heteroatoms. The van der Waals surface area contributed by atoms with Gasteiger partial charge >= 0.3 is 6.03 Å². The number of anilines is 3. The highest BCUT2D eigenvalue weighted by atomic mass is 19.1. The summed E-state index contributed by atoms with van der Waals surface area (Å²) < 4.78 is 43.8. The standard InChI is InChI=1S/C25H22F3N5O2/c1-13(2)23-17-8-22(29-3)30-11-14(17)12-33(24(23)34)21-10-20(18(27)9-19(21)28)32-25(35)31-16-6-4-5-15(26)7-16/h4-13,29H,1-3H3,(H2,31,32,35). The number of pyridine rings is 2. The minimum Gasteiger partial charge on any atom is -0.373 e. The fourth-order valence-corrected chi connectivity index (χ4v) is 3.79. The normalized spacial score (nSPS) is 11.1. The zero-order valence-corrected chi connectivity index (χ0v) is 19.1. The number of carbonyl (C=O) groups is 1. The number of carbonyl (C=O) groups excluding carboxylic acids is 1. The van der Waals surface area contributed by atoms with E-state index in [0.717, 1.165) is 16.7 Å². The van der Waals surface area contributed by atoms with Crippen molar-refractivity contribution >= 4 is 34.0 Å². The lowest BCUT2D eigenvalue weighted by Gasteiger charge is -2.17. The summed E-state index contributed by atoms with van der Waals surface area (Å²) in [4.78, 5) is 30.0. The molecule has 0 saturated heterocycles. The molecule has 3 N–H and O–H groups in total. The van der Waals surface area contributed by atoms with Crippen LogP contribution < -0.4 is 21.5 Å². The number of amides is 2. The molecule has 0 aliphatic rings. The Hall–Kier alpha value is -4.34. The number of halogens is 3. The molecule has 0 unspecified atom stereocenters. The van der Waals surface area contributed by atoms with Gasteiger partial charge in [0.15, 0.2) is 0 Å². The van der Waals surface area contributed by atoms with E-state index >= 15 is 0 Å². The summed E-state index contributed by atoms with van der Waals surface area (Å²) in [6.07, 6.45) is 2.97. The second kappa shape index (κ2) is 9.49. The number of aromatic nitrogens is 2. The Morgan fingerprint density at radius 1 is 1.03 bits per heavy atom. The van der Waals surface area contributed by atoms with E-state index < -0.39 is 29.0 Å². The lowest BCUT2D eigenvalue weighted by Crippen LogP contribution is -2.25. The zero-order valence-electron chi connectivity index (χ0n) is 19.1. The molecule has 0 radical (unpaired) electrons. The molecule has 35 heavy (non-hydrogen) atoms.